The molecule has 0 fully saturated rings. The number of unbranched alkanes of at least 4 members (excludes halogenated alkanes) is 2. The molecule has 1 unspecified atom stereocenters. The van der Waals surface area contributed by atoms with Gasteiger partial charge in [-0.05, 0) is 39.2 Å². The molecule has 0 aromatic rings. The lowest BCUT2D eigenvalue weighted by molar-refractivity contribution is 0.142. The lowest BCUT2D eigenvalue weighted by Crippen LogP contribution is -2.28. The Hall–Kier alpha value is -0.0800. The molecule has 0 rings (SSSR count). The van der Waals surface area contributed by atoms with Crippen LogP contribution in [-0.2, 0) is 4.74 Å². The Morgan fingerprint density at radius 1 is 1.07 bits per heavy atom. The van der Waals surface area contributed by atoms with E-state index in [1.54, 1.807) is 0 Å². The van der Waals surface area contributed by atoms with E-state index in [4.69, 9.17) is 4.74 Å². The Morgan fingerprint density at radius 3 is 2.47 bits per heavy atom. The molecule has 0 aliphatic heterocycles. The third-order valence-electron chi connectivity index (χ3n) is 2.72. The van der Waals surface area contributed by atoms with Gasteiger partial charge in [-0.1, -0.05) is 26.7 Å². The highest BCUT2D eigenvalue weighted by Crippen LogP contribution is 2.06. The minimum absolute atomic E-state index is 0.733. The van der Waals surface area contributed by atoms with Crippen LogP contribution in [-0.4, -0.2) is 25.8 Å². The summed E-state index contributed by atoms with van der Waals surface area (Å²) in [6.07, 6.45) is 7.68. The summed E-state index contributed by atoms with van der Waals surface area (Å²) in [5.74, 6) is 0. The van der Waals surface area contributed by atoms with Crippen LogP contribution in [0.4, 0.5) is 0 Å². The summed E-state index contributed by atoms with van der Waals surface area (Å²) < 4.78 is 5.32. The van der Waals surface area contributed by atoms with E-state index in [9.17, 15) is 0 Å². The molecule has 2 nitrogen and oxygen atoms in total. The van der Waals surface area contributed by atoms with Gasteiger partial charge >= 0.3 is 0 Å². The second kappa shape index (κ2) is 12.0. The van der Waals surface area contributed by atoms with Crippen molar-refractivity contribution < 1.29 is 4.74 Å². The molecule has 0 aromatic carbocycles. The number of rotatable bonds is 11. The van der Waals surface area contributed by atoms with Crippen LogP contribution in [0, 0.1) is 0 Å². The summed E-state index contributed by atoms with van der Waals surface area (Å²) in [7, 11) is 0. The van der Waals surface area contributed by atoms with Crippen LogP contribution in [0.25, 0.3) is 0 Å². The van der Waals surface area contributed by atoms with Gasteiger partial charge in [0.25, 0.3) is 0 Å². The fourth-order valence-electron chi connectivity index (χ4n) is 1.71. The minimum Gasteiger partial charge on any atom is -0.382 e. The molecule has 0 saturated heterocycles. The summed E-state index contributed by atoms with van der Waals surface area (Å²) in [5, 5.41) is 3.59. The van der Waals surface area contributed by atoms with E-state index in [-0.39, 0.29) is 0 Å². The summed E-state index contributed by atoms with van der Waals surface area (Å²) >= 11 is 0. The number of ether oxygens (including phenoxy) is 1. The smallest absolute Gasteiger partial charge is 0.0465 e. The summed E-state index contributed by atoms with van der Waals surface area (Å²) in [4.78, 5) is 0. The normalized spacial score (nSPS) is 13.0. The van der Waals surface area contributed by atoms with Crippen molar-refractivity contribution >= 4 is 0 Å². The van der Waals surface area contributed by atoms with E-state index in [1.807, 2.05) is 0 Å². The zero-order chi connectivity index (χ0) is 11.4. The molecule has 1 atom stereocenters. The van der Waals surface area contributed by atoms with Crippen molar-refractivity contribution in [2.75, 3.05) is 19.8 Å². The summed E-state index contributed by atoms with van der Waals surface area (Å²) in [6.45, 7) is 9.51. The van der Waals surface area contributed by atoms with Crippen molar-refractivity contribution in [2.24, 2.45) is 0 Å². The monoisotopic (exact) mass is 215 g/mol. The Labute approximate surface area is 95.8 Å². The molecular formula is C13H29NO. The van der Waals surface area contributed by atoms with Crippen molar-refractivity contribution in [2.45, 2.75) is 65.3 Å². The molecule has 15 heavy (non-hydrogen) atoms. The predicted octanol–water partition coefficient (Wildman–Crippen LogP) is 3.36. The summed E-state index contributed by atoms with van der Waals surface area (Å²) in [5.41, 5.74) is 0. The molecule has 0 spiro atoms. The number of nitrogens with one attached hydrogen (secondary N) is 1. The third kappa shape index (κ3) is 10.2. The van der Waals surface area contributed by atoms with Gasteiger partial charge < -0.3 is 10.1 Å². The molecule has 92 valence electrons. The van der Waals surface area contributed by atoms with Crippen molar-refractivity contribution in [3.05, 3.63) is 0 Å². The first-order valence-electron chi connectivity index (χ1n) is 6.66. The van der Waals surface area contributed by atoms with Crippen LogP contribution in [0.5, 0.6) is 0 Å². The highest BCUT2D eigenvalue weighted by Gasteiger charge is 2.03. The zero-order valence-corrected chi connectivity index (χ0v) is 10.8. The van der Waals surface area contributed by atoms with Gasteiger partial charge in [-0.2, -0.15) is 0 Å². The van der Waals surface area contributed by atoms with E-state index < -0.39 is 0 Å². The average Bonchev–Trinajstić information content (AvgIpc) is 2.27. The lowest BCUT2D eigenvalue weighted by atomic mass is 10.1. The van der Waals surface area contributed by atoms with Gasteiger partial charge in [0, 0.05) is 19.3 Å². The molecule has 0 saturated carbocycles. The van der Waals surface area contributed by atoms with Crippen molar-refractivity contribution in [3.63, 3.8) is 0 Å². The maximum atomic E-state index is 5.32. The van der Waals surface area contributed by atoms with E-state index in [0.29, 0.717) is 0 Å². The van der Waals surface area contributed by atoms with E-state index in [2.05, 4.69) is 26.1 Å². The molecule has 0 amide bonds. The van der Waals surface area contributed by atoms with Crippen molar-refractivity contribution in [1.29, 1.82) is 0 Å². The second-order valence-electron chi connectivity index (χ2n) is 4.11. The topological polar surface area (TPSA) is 21.3 Å². The molecule has 0 radical (unpaired) electrons. The SMILES string of the molecule is CCCNC(CC)CCCCCOCC. The molecule has 0 aromatic heterocycles. The first kappa shape index (κ1) is 14.9. The Bertz CT molecular complexity index is 117. The lowest BCUT2D eigenvalue weighted by Gasteiger charge is -2.16. The molecule has 2 heteroatoms. The van der Waals surface area contributed by atoms with E-state index in [1.165, 1.54) is 38.5 Å². The molecular weight excluding hydrogens is 186 g/mol. The van der Waals surface area contributed by atoms with E-state index >= 15 is 0 Å². The first-order chi connectivity index (χ1) is 7.35. The van der Waals surface area contributed by atoms with Crippen LogP contribution in [0.2, 0.25) is 0 Å². The van der Waals surface area contributed by atoms with Gasteiger partial charge in [0.1, 0.15) is 0 Å². The number of hydrogen-bond acceptors (Lipinski definition) is 2. The molecule has 0 bridgehead atoms. The van der Waals surface area contributed by atoms with Crippen LogP contribution in [0.3, 0.4) is 0 Å². The fourth-order valence-corrected chi connectivity index (χ4v) is 1.71. The minimum atomic E-state index is 0.733. The van der Waals surface area contributed by atoms with Gasteiger partial charge in [0.2, 0.25) is 0 Å². The molecule has 0 aliphatic carbocycles. The van der Waals surface area contributed by atoms with Gasteiger partial charge in [-0.25, -0.2) is 0 Å². The predicted molar refractivity (Wildman–Crippen MR) is 67.3 cm³/mol. The Kier molecular flexibility index (Phi) is 11.9. The standard InChI is InChI=1S/C13H29NO/c1-4-11-14-13(5-2)10-8-7-9-12-15-6-3/h13-14H,4-12H2,1-3H3. The zero-order valence-electron chi connectivity index (χ0n) is 10.8. The molecule has 0 heterocycles. The van der Waals surface area contributed by atoms with Gasteiger partial charge in [-0.3, -0.25) is 0 Å². The third-order valence-corrected chi connectivity index (χ3v) is 2.72. The van der Waals surface area contributed by atoms with Crippen LogP contribution >= 0.6 is 0 Å². The van der Waals surface area contributed by atoms with Gasteiger partial charge in [0.05, 0.1) is 0 Å². The Morgan fingerprint density at radius 2 is 1.87 bits per heavy atom. The summed E-state index contributed by atoms with van der Waals surface area (Å²) in [6, 6.07) is 0.733. The second-order valence-corrected chi connectivity index (χ2v) is 4.11. The maximum absolute atomic E-state index is 5.32. The van der Waals surface area contributed by atoms with Gasteiger partial charge in [-0.15, -0.1) is 0 Å². The van der Waals surface area contributed by atoms with Crippen LogP contribution in [0.15, 0.2) is 0 Å². The Balaban J connectivity index is 3.22. The van der Waals surface area contributed by atoms with E-state index in [0.717, 1.165) is 25.8 Å². The molecule has 1 N–H and O–H groups in total. The van der Waals surface area contributed by atoms with Crippen molar-refractivity contribution in [3.8, 4) is 0 Å². The quantitative estimate of drug-likeness (QED) is 0.534. The maximum Gasteiger partial charge on any atom is 0.0465 e. The highest BCUT2D eigenvalue weighted by atomic mass is 16.5. The van der Waals surface area contributed by atoms with Crippen molar-refractivity contribution in [1.82, 2.24) is 5.32 Å². The first-order valence-corrected chi connectivity index (χ1v) is 6.66. The average molecular weight is 215 g/mol. The van der Waals surface area contributed by atoms with Crippen LogP contribution in [0.1, 0.15) is 59.3 Å². The number of hydrogen-bond donors (Lipinski definition) is 1. The molecule has 0 aliphatic rings. The largest absolute Gasteiger partial charge is 0.382 e. The highest BCUT2D eigenvalue weighted by molar-refractivity contribution is 4.64. The fraction of sp³-hybridized carbons (Fsp3) is 1.00. The van der Waals surface area contributed by atoms with Gasteiger partial charge in [0.15, 0.2) is 0 Å². The van der Waals surface area contributed by atoms with Crippen LogP contribution < -0.4 is 5.32 Å².